The van der Waals surface area contributed by atoms with E-state index in [2.05, 4.69) is 15.3 Å². The average Bonchev–Trinajstić information content (AvgIpc) is 3.28. The van der Waals surface area contributed by atoms with E-state index < -0.39 is 0 Å². The second-order valence-corrected chi connectivity index (χ2v) is 9.84. The summed E-state index contributed by atoms with van der Waals surface area (Å²) in [6.45, 7) is 5.37. The minimum atomic E-state index is -0.347. The van der Waals surface area contributed by atoms with Gasteiger partial charge in [-0.1, -0.05) is 48.5 Å². The fraction of sp³-hybridized carbons (Fsp3) is 0.500. The molecular formula is C24H29Cl2N5O. The quantitative estimate of drug-likeness (QED) is 0.684. The number of anilines is 1. The molecule has 0 bridgehead atoms. The number of nitrogens with one attached hydrogen (secondary N) is 1. The van der Waals surface area contributed by atoms with E-state index in [0.29, 0.717) is 21.7 Å². The minimum absolute atomic E-state index is 0.0653. The standard InChI is InChI=1S/C24H29Cl2N5O/c1-16-22(24(32)30-13-11-29(12-14-30)18-5-3-2-4-6-18)23(31-21(28-16)9-10-27-31)17-7-8-19(25)20(26)15-17/h7-10,15,18,23,28H,2-6,11-14H2,1H3. The van der Waals surface area contributed by atoms with Gasteiger partial charge in [-0.25, -0.2) is 4.68 Å². The van der Waals surface area contributed by atoms with Crippen molar-refractivity contribution in [2.75, 3.05) is 31.5 Å². The van der Waals surface area contributed by atoms with E-state index in [1.807, 2.05) is 34.7 Å². The molecule has 2 aliphatic heterocycles. The van der Waals surface area contributed by atoms with Gasteiger partial charge >= 0.3 is 0 Å². The van der Waals surface area contributed by atoms with Gasteiger partial charge in [-0.15, -0.1) is 0 Å². The third kappa shape index (κ3) is 4.04. The Morgan fingerprint density at radius 1 is 1.03 bits per heavy atom. The van der Waals surface area contributed by atoms with Gasteiger partial charge in [0.15, 0.2) is 0 Å². The van der Waals surface area contributed by atoms with Gasteiger partial charge in [-0.3, -0.25) is 9.69 Å². The summed E-state index contributed by atoms with van der Waals surface area (Å²) >= 11 is 12.5. The van der Waals surface area contributed by atoms with Crippen molar-refractivity contribution in [3.05, 3.63) is 57.3 Å². The number of allylic oxidation sites excluding steroid dienone is 1. The van der Waals surface area contributed by atoms with Crippen LogP contribution in [0.3, 0.4) is 0 Å². The highest BCUT2D eigenvalue weighted by atomic mass is 35.5. The first-order valence-corrected chi connectivity index (χ1v) is 12.3. The highest BCUT2D eigenvalue weighted by molar-refractivity contribution is 6.42. The number of carbonyl (C=O) groups is 1. The van der Waals surface area contributed by atoms with Crippen LogP contribution in [0.15, 0.2) is 41.7 Å². The molecule has 3 aliphatic rings. The maximum absolute atomic E-state index is 13.8. The van der Waals surface area contributed by atoms with Crippen LogP contribution >= 0.6 is 23.2 Å². The topological polar surface area (TPSA) is 53.4 Å². The van der Waals surface area contributed by atoms with Crippen LogP contribution in [0, 0.1) is 0 Å². The number of fused-ring (bicyclic) bond motifs is 1. The summed E-state index contributed by atoms with van der Waals surface area (Å²) < 4.78 is 1.86. The lowest BCUT2D eigenvalue weighted by molar-refractivity contribution is -0.129. The van der Waals surface area contributed by atoms with Gasteiger partial charge < -0.3 is 10.2 Å². The number of amides is 1. The third-order valence-electron chi connectivity index (χ3n) is 7.09. The average molecular weight is 474 g/mol. The lowest BCUT2D eigenvalue weighted by Crippen LogP contribution is -2.53. The second-order valence-electron chi connectivity index (χ2n) is 9.02. The summed E-state index contributed by atoms with van der Waals surface area (Å²) in [7, 11) is 0. The first kappa shape index (κ1) is 21.8. The highest BCUT2D eigenvalue weighted by Crippen LogP contribution is 2.38. The molecule has 0 spiro atoms. The lowest BCUT2D eigenvalue weighted by atomic mass is 9.93. The molecule has 8 heteroatoms. The minimum Gasteiger partial charge on any atom is -0.344 e. The van der Waals surface area contributed by atoms with Crippen molar-refractivity contribution >= 4 is 34.9 Å². The van der Waals surface area contributed by atoms with Crippen LogP contribution in [0.4, 0.5) is 5.82 Å². The fourth-order valence-electron chi connectivity index (χ4n) is 5.38. The van der Waals surface area contributed by atoms with E-state index in [9.17, 15) is 4.79 Å². The molecule has 1 saturated carbocycles. The summed E-state index contributed by atoms with van der Waals surface area (Å²) in [6, 6.07) is 7.81. The fourth-order valence-corrected chi connectivity index (χ4v) is 5.69. The number of aromatic nitrogens is 2. The number of hydrogen-bond acceptors (Lipinski definition) is 4. The van der Waals surface area contributed by atoms with Crippen molar-refractivity contribution in [3.8, 4) is 0 Å². The summed E-state index contributed by atoms with van der Waals surface area (Å²) in [4.78, 5) is 18.4. The molecule has 170 valence electrons. The molecule has 1 aromatic carbocycles. The summed E-state index contributed by atoms with van der Waals surface area (Å²) in [6.07, 6.45) is 8.36. The van der Waals surface area contributed by atoms with E-state index in [-0.39, 0.29) is 11.9 Å². The van der Waals surface area contributed by atoms with Gasteiger partial charge in [0, 0.05) is 44.0 Å². The van der Waals surface area contributed by atoms with Gasteiger partial charge in [0.05, 0.1) is 21.8 Å². The maximum atomic E-state index is 13.8. The van der Waals surface area contributed by atoms with Gasteiger partial charge in [0.25, 0.3) is 5.91 Å². The molecule has 32 heavy (non-hydrogen) atoms. The van der Waals surface area contributed by atoms with Gasteiger partial charge in [-0.05, 0) is 37.5 Å². The molecule has 1 aromatic heterocycles. The predicted octanol–water partition coefficient (Wildman–Crippen LogP) is 4.96. The molecule has 3 heterocycles. The zero-order chi connectivity index (χ0) is 22.2. The Kier molecular flexibility index (Phi) is 6.19. The van der Waals surface area contributed by atoms with Crippen LogP contribution in [0.2, 0.25) is 10.0 Å². The molecule has 6 nitrogen and oxygen atoms in total. The van der Waals surface area contributed by atoms with E-state index in [1.54, 1.807) is 12.3 Å². The first-order chi connectivity index (χ1) is 15.5. The molecule has 1 saturated heterocycles. The van der Waals surface area contributed by atoms with E-state index >= 15 is 0 Å². The Labute approximate surface area is 199 Å². The smallest absolute Gasteiger partial charge is 0.254 e. The number of hydrogen-bond donors (Lipinski definition) is 1. The van der Waals surface area contributed by atoms with Crippen molar-refractivity contribution in [2.45, 2.75) is 51.1 Å². The van der Waals surface area contributed by atoms with Gasteiger partial charge in [0.2, 0.25) is 0 Å². The number of piperazine rings is 1. The molecular weight excluding hydrogens is 445 g/mol. The molecule has 1 aliphatic carbocycles. The number of halogens is 2. The van der Waals surface area contributed by atoms with Crippen LogP contribution < -0.4 is 5.32 Å². The van der Waals surface area contributed by atoms with E-state index in [0.717, 1.165) is 43.3 Å². The van der Waals surface area contributed by atoms with Gasteiger partial charge in [-0.2, -0.15) is 5.10 Å². The van der Waals surface area contributed by atoms with Crippen LogP contribution in [0.1, 0.15) is 50.6 Å². The molecule has 0 radical (unpaired) electrons. The summed E-state index contributed by atoms with van der Waals surface area (Å²) in [5, 5.41) is 8.85. The monoisotopic (exact) mass is 473 g/mol. The lowest BCUT2D eigenvalue weighted by Gasteiger charge is -2.42. The number of rotatable bonds is 3. The van der Waals surface area contributed by atoms with Crippen LogP contribution in [0.5, 0.6) is 0 Å². The van der Waals surface area contributed by atoms with Crippen LogP contribution in [-0.4, -0.2) is 57.7 Å². The first-order valence-electron chi connectivity index (χ1n) is 11.5. The second kappa shape index (κ2) is 9.08. The highest BCUT2D eigenvalue weighted by Gasteiger charge is 2.36. The number of carbonyl (C=O) groups excluding carboxylic acids is 1. The van der Waals surface area contributed by atoms with Gasteiger partial charge in [0.1, 0.15) is 11.9 Å². The van der Waals surface area contributed by atoms with E-state index in [1.165, 1.54) is 32.1 Å². The molecule has 1 atom stereocenters. The molecule has 2 fully saturated rings. The Hall–Kier alpha value is -2.02. The number of nitrogens with zero attached hydrogens (tertiary/aromatic N) is 4. The van der Waals surface area contributed by atoms with Crippen molar-refractivity contribution < 1.29 is 4.79 Å². The Bertz CT molecular complexity index is 1030. The maximum Gasteiger partial charge on any atom is 0.254 e. The SMILES string of the molecule is CC1=C(C(=O)N2CCN(C3CCCCC3)CC2)C(c2ccc(Cl)c(Cl)c2)n2nccc2N1. The van der Waals surface area contributed by atoms with Crippen LogP contribution in [0.25, 0.3) is 0 Å². The van der Waals surface area contributed by atoms with Crippen molar-refractivity contribution in [3.63, 3.8) is 0 Å². The van der Waals surface area contributed by atoms with Crippen LogP contribution in [-0.2, 0) is 4.79 Å². The molecule has 5 rings (SSSR count). The number of benzene rings is 1. The Balaban J connectivity index is 1.40. The summed E-state index contributed by atoms with van der Waals surface area (Å²) in [5.41, 5.74) is 2.47. The predicted molar refractivity (Wildman–Crippen MR) is 128 cm³/mol. The van der Waals surface area contributed by atoms with Crippen molar-refractivity contribution in [1.82, 2.24) is 19.6 Å². The molecule has 1 amide bonds. The Morgan fingerprint density at radius 2 is 1.78 bits per heavy atom. The van der Waals surface area contributed by atoms with Crippen molar-refractivity contribution in [2.24, 2.45) is 0 Å². The van der Waals surface area contributed by atoms with Crippen molar-refractivity contribution in [1.29, 1.82) is 0 Å². The molecule has 1 unspecified atom stereocenters. The molecule has 2 aromatic rings. The zero-order valence-corrected chi connectivity index (χ0v) is 19.9. The van der Waals surface area contributed by atoms with E-state index in [4.69, 9.17) is 23.2 Å². The third-order valence-corrected chi connectivity index (χ3v) is 7.83. The largest absolute Gasteiger partial charge is 0.344 e. The summed E-state index contributed by atoms with van der Waals surface area (Å²) in [5.74, 6) is 0.924. The zero-order valence-electron chi connectivity index (χ0n) is 18.4. The Morgan fingerprint density at radius 3 is 2.50 bits per heavy atom. The molecule has 1 N–H and O–H groups in total. The normalized spacial score (nSPS) is 22.6.